The Labute approximate surface area is 106 Å². The molecule has 17 heavy (non-hydrogen) atoms. The summed E-state index contributed by atoms with van der Waals surface area (Å²) in [6, 6.07) is -0.0884. The minimum absolute atomic E-state index is 0.114. The normalized spacial score (nSPS) is 32.4. The molecule has 4 unspecified atom stereocenters. The standard InChI is InChI=1S/C14H28N2O/c1-9-7-10(2)11(3)16(8-9)13(17)12(15)14(4,5)6/h9-12H,7-8,15H2,1-6H3. The zero-order valence-electron chi connectivity index (χ0n) is 12.2. The molecule has 1 fully saturated rings. The van der Waals surface area contributed by atoms with E-state index in [1.807, 2.05) is 25.7 Å². The van der Waals surface area contributed by atoms with E-state index in [0.717, 1.165) is 6.54 Å². The summed E-state index contributed by atoms with van der Waals surface area (Å²) < 4.78 is 0. The number of hydrogen-bond donors (Lipinski definition) is 1. The molecule has 100 valence electrons. The summed E-state index contributed by atoms with van der Waals surface area (Å²) in [5, 5.41) is 0. The van der Waals surface area contributed by atoms with Crippen LogP contribution in [-0.2, 0) is 4.79 Å². The number of carbonyl (C=O) groups excluding carboxylic acids is 1. The Hall–Kier alpha value is -0.570. The van der Waals surface area contributed by atoms with Gasteiger partial charge in [-0.3, -0.25) is 4.79 Å². The predicted molar refractivity (Wildman–Crippen MR) is 71.6 cm³/mol. The second-order valence-electron chi connectivity index (χ2n) is 6.89. The number of amides is 1. The first-order valence-electron chi connectivity index (χ1n) is 6.70. The number of piperidine rings is 1. The molecule has 1 saturated heterocycles. The highest BCUT2D eigenvalue weighted by molar-refractivity contribution is 5.82. The van der Waals surface area contributed by atoms with E-state index in [2.05, 4.69) is 20.8 Å². The van der Waals surface area contributed by atoms with E-state index in [1.165, 1.54) is 6.42 Å². The lowest BCUT2D eigenvalue weighted by Crippen LogP contribution is -2.57. The topological polar surface area (TPSA) is 46.3 Å². The van der Waals surface area contributed by atoms with Crippen molar-refractivity contribution in [3.05, 3.63) is 0 Å². The molecule has 4 atom stereocenters. The molecule has 0 aromatic rings. The van der Waals surface area contributed by atoms with Gasteiger partial charge in [-0.25, -0.2) is 0 Å². The fraction of sp³-hybridized carbons (Fsp3) is 0.929. The van der Waals surface area contributed by atoms with Gasteiger partial charge in [0.25, 0.3) is 0 Å². The van der Waals surface area contributed by atoms with Gasteiger partial charge in [0.05, 0.1) is 6.04 Å². The number of likely N-dealkylation sites (tertiary alicyclic amines) is 1. The zero-order chi connectivity index (χ0) is 13.4. The van der Waals surface area contributed by atoms with Crippen molar-refractivity contribution in [3.63, 3.8) is 0 Å². The second kappa shape index (κ2) is 4.97. The van der Waals surface area contributed by atoms with E-state index in [-0.39, 0.29) is 11.3 Å². The molecule has 0 saturated carbocycles. The zero-order valence-corrected chi connectivity index (χ0v) is 12.2. The van der Waals surface area contributed by atoms with Gasteiger partial charge in [0.1, 0.15) is 0 Å². The summed E-state index contributed by atoms with van der Waals surface area (Å²) in [7, 11) is 0. The van der Waals surface area contributed by atoms with Crippen molar-refractivity contribution in [1.29, 1.82) is 0 Å². The van der Waals surface area contributed by atoms with Crippen LogP contribution in [0.25, 0.3) is 0 Å². The van der Waals surface area contributed by atoms with Crippen LogP contribution in [0.3, 0.4) is 0 Å². The van der Waals surface area contributed by atoms with E-state index in [1.54, 1.807) is 0 Å². The molecular weight excluding hydrogens is 212 g/mol. The molecule has 0 aliphatic carbocycles. The third-order valence-electron chi connectivity index (χ3n) is 4.08. The van der Waals surface area contributed by atoms with Crippen molar-refractivity contribution >= 4 is 5.91 Å². The Bertz CT molecular complexity index is 282. The summed E-state index contributed by atoms with van der Waals surface area (Å²) in [4.78, 5) is 14.4. The highest BCUT2D eigenvalue weighted by Crippen LogP contribution is 2.29. The van der Waals surface area contributed by atoms with E-state index >= 15 is 0 Å². The molecule has 3 heteroatoms. The third kappa shape index (κ3) is 3.21. The van der Waals surface area contributed by atoms with Gasteiger partial charge in [0.2, 0.25) is 5.91 Å². The predicted octanol–water partition coefficient (Wildman–Crippen LogP) is 2.25. The maximum atomic E-state index is 12.4. The lowest BCUT2D eigenvalue weighted by Gasteiger charge is -2.43. The fourth-order valence-electron chi connectivity index (χ4n) is 2.56. The maximum absolute atomic E-state index is 12.4. The number of hydrogen-bond acceptors (Lipinski definition) is 2. The van der Waals surface area contributed by atoms with Crippen LogP contribution in [0, 0.1) is 17.3 Å². The molecule has 1 heterocycles. The summed E-state index contributed by atoms with van der Waals surface area (Å²) in [6.45, 7) is 13.5. The monoisotopic (exact) mass is 240 g/mol. The lowest BCUT2D eigenvalue weighted by molar-refractivity contribution is -0.140. The van der Waals surface area contributed by atoms with Gasteiger partial charge in [-0.2, -0.15) is 0 Å². The van der Waals surface area contributed by atoms with Gasteiger partial charge in [-0.1, -0.05) is 34.6 Å². The van der Waals surface area contributed by atoms with Crippen LogP contribution in [0.1, 0.15) is 48.0 Å². The van der Waals surface area contributed by atoms with Gasteiger partial charge < -0.3 is 10.6 Å². The van der Waals surface area contributed by atoms with Crippen LogP contribution in [0.5, 0.6) is 0 Å². The molecule has 1 amide bonds. The number of carbonyl (C=O) groups is 1. The number of nitrogens with two attached hydrogens (primary N) is 1. The van der Waals surface area contributed by atoms with Crippen molar-refractivity contribution < 1.29 is 4.79 Å². The van der Waals surface area contributed by atoms with Crippen molar-refractivity contribution in [1.82, 2.24) is 4.90 Å². The molecule has 1 aliphatic rings. The summed E-state index contributed by atoms with van der Waals surface area (Å²) in [6.07, 6.45) is 1.20. The Morgan fingerprint density at radius 3 is 2.29 bits per heavy atom. The highest BCUT2D eigenvalue weighted by Gasteiger charge is 2.37. The lowest BCUT2D eigenvalue weighted by atomic mass is 9.82. The SMILES string of the molecule is CC1CC(C)C(C)N(C(=O)C(N)C(C)(C)C)C1. The van der Waals surface area contributed by atoms with E-state index in [0.29, 0.717) is 17.9 Å². The fourth-order valence-corrected chi connectivity index (χ4v) is 2.56. The van der Waals surface area contributed by atoms with Gasteiger partial charge >= 0.3 is 0 Å². The van der Waals surface area contributed by atoms with Crippen LogP contribution < -0.4 is 5.73 Å². The molecule has 3 nitrogen and oxygen atoms in total. The molecule has 2 N–H and O–H groups in total. The van der Waals surface area contributed by atoms with Crippen molar-refractivity contribution in [3.8, 4) is 0 Å². The molecule has 0 bridgehead atoms. The Balaban J connectivity index is 2.80. The van der Waals surface area contributed by atoms with Gasteiger partial charge in [0.15, 0.2) is 0 Å². The van der Waals surface area contributed by atoms with Gasteiger partial charge in [-0.05, 0) is 30.6 Å². The largest absolute Gasteiger partial charge is 0.338 e. The Morgan fingerprint density at radius 2 is 1.82 bits per heavy atom. The first kappa shape index (κ1) is 14.5. The second-order valence-corrected chi connectivity index (χ2v) is 6.89. The highest BCUT2D eigenvalue weighted by atomic mass is 16.2. The van der Waals surface area contributed by atoms with Crippen molar-refractivity contribution in [2.24, 2.45) is 23.0 Å². The van der Waals surface area contributed by atoms with Gasteiger partial charge in [-0.15, -0.1) is 0 Å². The molecule has 0 radical (unpaired) electrons. The van der Waals surface area contributed by atoms with Crippen LogP contribution >= 0.6 is 0 Å². The first-order chi connectivity index (χ1) is 7.64. The van der Waals surface area contributed by atoms with E-state index in [4.69, 9.17) is 5.73 Å². The van der Waals surface area contributed by atoms with Crippen molar-refractivity contribution in [2.75, 3.05) is 6.54 Å². The van der Waals surface area contributed by atoms with Crippen LogP contribution in [0.15, 0.2) is 0 Å². The van der Waals surface area contributed by atoms with Crippen LogP contribution in [0.2, 0.25) is 0 Å². The molecule has 0 aromatic heterocycles. The molecule has 1 rings (SSSR count). The van der Waals surface area contributed by atoms with Crippen LogP contribution in [-0.4, -0.2) is 29.4 Å². The van der Waals surface area contributed by atoms with Crippen LogP contribution in [0.4, 0.5) is 0 Å². The summed E-state index contributed by atoms with van der Waals surface area (Å²) in [5.74, 6) is 1.26. The van der Waals surface area contributed by atoms with E-state index in [9.17, 15) is 4.79 Å². The molecule has 0 aromatic carbocycles. The quantitative estimate of drug-likeness (QED) is 0.764. The third-order valence-corrected chi connectivity index (χ3v) is 4.08. The van der Waals surface area contributed by atoms with Gasteiger partial charge in [0, 0.05) is 12.6 Å². The number of rotatable bonds is 1. The molecular formula is C14H28N2O. The average Bonchev–Trinajstić information content (AvgIpc) is 2.20. The first-order valence-corrected chi connectivity index (χ1v) is 6.70. The molecule has 1 aliphatic heterocycles. The maximum Gasteiger partial charge on any atom is 0.240 e. The minimum Gasteiger partial charge on any atom is -0.338 e. The minimum atomic E-state index is -0.401. The summed E-state index contributed by atoms with van der Waals surface area (Å²) >= 11 is 0. The molecule has 0 spiro atoms. The summed E-state index contributed by atoms with van der Waals surface area (Å²) in [5.41, 5.74) is 5.92. The smallest absolute Gasteiger partial charge is 0.240 e. The number of nitrogens with zero attached hydrogens (tertiary/aromatic N) is 1. The Kier molecular flexibility index (Phi) is 4.23. The van der Waals surface area contributed by atoms with E-state index < -0.39 is 6.04 Å². The van der Waals surface area contributed by atoms with Crippen molar-refractivity contribution in [2.45, 2.75) is 60.0 Å². The Morgan fingerprint density at radius 1 is 1.29 bits per heavy atom. The average molecular weight is 240 g/mol.